The van der Waals surface area contributed by atoms with Gasteiger partial charge in [0, 0.05) is 31.6 Å². The topological polar surface area (TPSA) is 43.8 Å². The highest BCUT2D eigenvalue weighted by Gasteiger charge is 2.29. The molecule has 6 heteroatoms. The summed E-state index contributed by atoms with van der Waals surface area (Å²) < 4.78 is 39.6. The van der Waals surface area contributed by atoms with Crippen LogP contribution >= 0.6 is 0 Å². The Bertz CT molecular complexity index is 629. The third-order valence-electron chi connectivity index (χ3n) is 3.76. The predicted octanol–water partition coefficient (Wildman–Crippen LogP) is 2.77. The van der Waals surface area contributed by atoms with Gasteiger partial charge in [-0.1, -0.05) is 12.1 Å². The Balaban J connectivity index is 1.75. The summed E-state index contributed by atoms with van der Waals surface area (Å²) in [4.78, 5) is 4.53. The fourth-order valence-electron chi connectivity index (χ4n) is 2.62. The minimum absolute atomic E-state index is 0.152. The molecule has 1 atom stereocenters. The largest absolute Gasteiger partial charge is 0.416 e. The Labute approximate surface area is 120 Å². The van der Waals surface area contributed by atoms with Gasteiger partial charge in [0.25, 0.3) is 0 Å². The number of hydrogen-bond donors (Lipinski definition) is 1. The van der Waals surface area contributed by atoms with Crippen molar-refractivity contribution >= 4 is 0 Å². The minimum atomic E-state index is -4.29. The summed E-state index contributed by atoms with van der Waals surface area (Å²) in [5.74, 6) is 0.968. The van der Waals surface area contributed by atoms with E-state index in [1.165, 1.54) is 12.1 Å². The molecule has 0 fully saturated rings. The van der Waals surface area contributed by atoms with Crippen molar-refractivity contribution in [2.45, 2.75) is 38.0 Å². The highest BCUT2D eigenvalue weighted by molar-refractivity contribution is 5.27. The molecule has 1 aliphatic rings. The molecule has 2 N–H and O–H groups in total. The van der Waals surface area contributed by atoms with Gasteiger partial charge in [-0.05, 0) is 24.1 Å². The maximum Gasteiger partial charge on any atom is 0.416 e. The number of fused-ring (bicyclic) bond motifs is 1. The van der Waals surface area contributed by atoms with Gasteiger partial charge in [0.1, 0.15) is 5.82 Å². The summed E-state index contributed by atoms with van der Waals surface area (Å²) >= 11 is 0. The molecule has 112 valence electrons. The van der Waals surface area contributed by atoms with Crippen LogP contribution in [-0.2, 0) is 25.6 Å². The van der Waals surface area contributed by atoms with Crippen LogP contribution in [0.25, 0.3) is 0 Å². The van der Waals surface area contributed by atoms with Crippen molar-refractivity contribution in [2.24, 2.45) is 5.73 Å². The average Bonchev–Trinajstić information content (AvgIpc) is 2.79. The first-order valence-corrected chi connectivity index (χ1v) is 6.88. The maximum atomic E-state index is 12.5. The lowest BCUT2D eigenvalue weighted by Crippen LogP contribution is -2.30. The molecule has 0 amide bonds. The number of alkyl halides is 3. The van der Waals surface area contributed by atoms with Crippen LogP contribution in [-0.4, -0.2) is 15.6 Å². The second-order valence-electron chi connectivity index (χ2n) is 5.47. The van der Waals surface area contributed by atoms with Gasteiger partial charge in [0.05, 0.1) is 11.3 Å². The standard InChI is InChI=1S/C15H16F3N3/c16-15(17,18)11-3-1-10(2-4-11)7-13-9-21-6-5-12(19)8-14(21)20-13/h1-4,9,12H,5-8,19H2. The van der Waals surface area contributed by atoms with Gasteiger partial charge < -0.3 is 10.3 Å². The van der Waals surface area contributed by atoms with Gasteiger partial charge >= 0.3 is 6.18 Å². The van der Waals surface area contributed by atoms with Crippen LogP contribution in [0.2, 0.25) is 0 Å². The minimum Gasteiger partial charge on any atom is -0.335 e. The van der Waals surface area contributed by atoms with E-state index in [9.17, 15) is 13.2 Å². The number of halogens is 3. The Morgan fingerprint density at radius 3 is 2.62 bits per heavy atom. The van der Waals surface area contributed by atoms with Crippen molar-refractivity contribution in [3.05, 3.63) is 53.1 Å². The number of hydrogen-bond acceptors (Lipinski definition) is 2. The van der Waals surface area contributed by atoms with E-state index in [2.05, 4.69) is 9.55 Å². The number of aromatic nitrogens is 2. The molecule has 0 saturated heterocycles. The molecular weight excluding hydrogens is 279 g/mol. The monoisotopic (exact) mass is 295 g/mol. The summed E-state index contributed by atoms with van der Waals surface area (Å²) in [6.45, 7) is 0.858. The summed E-state index contributed by atoms with van der Waals surface area (Å²) in [5, 5.41) is 0. The molecule has 3 rings (SSSR count). The van der Waals surface area contributed by atoms with E-state index in [-0.39, 0.29) is 6.04 Å². The van der Waals surface area contributed by atoms with E-state index in [0.717, 1.165) is 48.6 Å². The zero-order valence-corrected chi connectivity index (χ0v) is 11.4. The first-order valence-electron chi connectivity index (χ1n) is 6.88. The SMILES string of the molecule is NC1CCn2cc(Cc3ccc(C(F)(F)F)cc3)nc2C1. The van der Waals surface area contributed by atoms with E-state index in [0.29, 0.717) is 6.42 Å². The molecule has 1 aliphatic heterocycles. The van der Waals surface area contributed by atoms with Crippen LogP contribution in [0, 0.1) is 0 Å². The summed E-state index contributed by atoms with van der Waals surface area (Å²) in [6.07, 6.45) is -0.0927. The molecule has 2 heterocycles. The fourth-order valence-corrected chi connectivity index (χ4v) is 2.62. The van der Waals surface area contributed by atoms with Crippen molar-refractivity contribution in [1.82, 2.24) is 9.55 Å². The molecule has 1 unspecified atom stereocenters. The van der Waals surface area contributed by atoms with Crippen LogP contribution in [0.15, 0.2) is 30.5 Å². The van der Waals surface area contributed by atoms with Crippen LogP contribution < -0.4 is 5.73 Å². The molecule has 0 aliphatic carbocycles. The quantitative estimate of drug-likeness (QED) is 0.926. The summed E-state index contributed by atoms with van der Waals surface area (Å²) in [7, 11) is 0. The van der Waals surface area contributed by atoms with Crippen LogP contribution in [0.3, 0.4) is 0 Å². The number of imidazole rings is 1. The highest BCUT2D eigenvalue weighted by atomic mass is 19.4. The predicted molar refractivity (Wildman–Crippen MR) is 72.8 cm³/mol. The molecule has 0 spiro atoms. The lowest BCUT2D eigenvalue weighted by Gasteiger charge is -2.18. The average molecular weight is 295 g/mol. The molecular formula is C15H16F3N3. The van der Waals surface area contributed by atoms with Crippen molar-refractivity contribution in [3.63, 3.8) is 0 Å². The van der Waals surface area contributed by atoms with E-state index in [1.54, 1.807) is 0 Å². The van der Waals surface area contributed by atoms with Gasteiger partial charge in [0.2, 0.25) is 0 Å². The molecule has 0 saturated carbocycles. The molecule has 2 aromatic rings. The second-order valence-corrected chi connectivity index (χ2v) is 5.47. The Hall–Kier alpha value is -1.82. The lowest BCUT2D eigenvalue weighted by atomic mass is 10.1. The van der Waals surface area contributed by atoms with Gasteiger partial charge in [-0.15, -0.1) is 0 Å². The second kappa shape index (κ2) is 5.18. The summed E-state index contributed by atoms with van der Waals surface area (Å²) in [6, 6.07) is 5.39. The number of aryl methyl sites for hydroxylation is 1. The number of nitrogens with two attached hydrogens (primary N) is 1. The zero-order chi connectivity index (χ0) is 15.0. The Morgan fingerprint density at radius 2 is 1.95 bits per heavy atom. The number of benzene rings is 1. The first kappa shape index (κ1) is 14.1. The van der Waals surface area contributed by atoms with E-state index >= 15 is 0 Å². The molecule has 3 nitrogen and oxygen atoms in total. The maximum absolute atomic E-state index is 12.5. The highest BCUT2D eigenvalue weighted by Crippen LogP contribution is 2.29. The van der Waals surface area contributed by atoms with Crippen LogP contribution in [0.4, 0.5) is 13.2 Å². The van der Waals surface area contributed by atoms with E-state index < -0.39 is 11.7 Å². The van der Waals surface area contributed by atoms with E-state index in [4.69, 9.17) is 5.73 Å². The molecule has 0 radical (unpaired) electrons. The lowest BCUT2D eigenvalue weighted by molar-refractivity contribution is -0.137. The van der Waals surface area contributed by atoms with Gasteiger partial charge in [-0.2, -0.15) is 13.2 Å². The fraction of sp³-hybridized carbons (Fsp3) is 0.400. The van der Waals surface area contributed by atoms with Crippen molar-refractivity contribution in [2.75, 3.05) is 0 Å². The van der Waals surface area contributed by atoms with Gasteiger partial charge in [0.15, 0.2) is 0 Å². The van der Waals surface area contributed by atoms with Crippen molar-refractivity contribution < 1.29 is 13.2 Å². The molecule has 21 heavy (non-hydrogen) atoms. The number of nitrogens with zero attached hydrogens (tertiary/aromatic N) is 2. The third-order valence-corrected chi connectivity index (χ3v) is 3.76. The smallest absolute Gasteiger partial charge is 0.335 e. The van der Waals surface area contributed by atoms with Crippen LogP contribution in [0.1, 0.15) is 29.1 Å². The van der Waals surface area contributed by atoms with Gasteiger partial charge in [-0.25, -0.2) is 4.98 Å². The van der Waals surface area contributed by atoms with Crippen molar-refractivity contribution in [3.8, 4) is 0 Å². The first-order chi connectivity index (χ1) is 9.91. The summed E-state index contributed by atoms with van der Waals surface area (Å²) in [5.41, 5.74) is 6.98. The third kappa shape index (κ3) is 3.10. The zero-order valence-electron chi connectivity index (χ0n) is 11.4. The van der Waals surface area contributed by atoms with Gasteiger partial charge in [-0.3, -0.25) is 0 Å². The van der Waals surface area contributed by atoms with Crippen LogP contribution in [0.5, 0.6) is 0 Å². The normalized spacial score (nSPS) is 18.6. The Kier molecular flexibility index (Phi) is 3.49. The molecule has 1 aromatic carbocycles. The van der Waals surface area contributed by atoms with Crippen molar-refractivity contribution in [1.29, 1.82) is 0 Å². The molecule has 1 aromatic heterocycles. The molecule has 0 bridgehead atoms. The van der Waals surface area contributed by atoms with E-state index in [1.807, 2.05) is 6.20 Å². The number of rotatable bonds is 2. The Morgan fingerprint density at radius 1 is 1.24 bits per heavy atom.